The van der Waals surface area contributed by atoms with Gasteiger partial charge in [-0.1, -0.05) is 13.8 Å². The van der Waals surface area contributed by atoms with E-state index in [9.17, 15) is 4.79 Å². The highest BCUT2D eigenvalue weighted by molar-refractivity contribution is 5.70. The van der Waals surface area contributed by atoms with E-state index in [2.05, 4.69) is 10.1 Å². The molecule has 5 nitrogen and oxygen atoms in total. The zero-order valence-electron chi connectivity index (χ0n) is 8.97. The smallest absolute Gasteiger partial charge is 0.308 e. The molecule has 1 aliphatic rings. The van der Waals surface area contributed by atoms with Crippen molar-refractivity contribution in [3.05, 3.63) is 11.6 Å². The highest BCUT2D eigenvalue weighted by Crippen LogP contribution is 2.20. The summed E-state index contributed by atoms with van der Waals surface area (Å²) >= 11 is 0. The van der Waals surface area contributed by atoms with Crippen molar-refractivity contribution in [2.45, 2.75) is 39.2 Å². The predicted octanol–water partition coefficient (Wildman–Crippen LogP) is 1.05. The molecule has 1 unspecified atom stereocenters. The molecule has 2 rings (SSSR count). The van der Waals surface area contributed by atoms with Crippen LogP contribution in [0.1, 0.15) is 37.8 Å². The van der Waals surface area contributed by atoms with E-state index >= 15 is 0 Å². The Balaban J connectivity index is 2.22. The van der Waals surface area contributed by atoms with E-state index in [0.717, 1.165) is 18.1 Å². The van der Waals surface area contributed by atoms with Crippen LogP contribution >= 0.6 is 0 Å². The van der Waals surface area contributed by atoms with Gasteiger partial charge in [0.2, 0.25) is 0 Å². The van der Waals surface area contributed by atoms with Gasteiger partial charge in [-0.25, -0.2) is 9.67 Å². The van der Waals surface area contributed by atoms with Crippen LogP contribution in [-0.2, 0) is 17.8 Å². The van der Waals surface area contributed by atoms with Crippen molar-refractivity contribution < 1.29 is 9.90 Å². The van der Waals surface area contributed by atoms with Crippen LogP contribution in [0, 0.1) is 5.92 Å². The molecule has 1 aromatic heterocycles. The van der Waals surface area contributed by atoms with E-state index in [1.54, 1.807) is 4.68 Å². The third kappa shape index (κ3) is 1.86. The maximum Gasteiger partial charge on any atom is 0.308 e. The van der Waals surface area contributed by atoms with Crippen molar-refractivity contribution in [2.24, 2.45) is 5.92 Å². The van der Waals surface area contributed by atoms with Gasteiger partial charge in [0.15, 0.2) is 5.82 Å². The molecule has 2 heterocycles. The molecule has 15 heavy (non-hydrogen) atoms. The predicted molar refractivity (Wildman–Crippen MR) is 53.6 cm³/mol. The topological polar surface area (TPSA) is 68.0 Å². The molecule has 0 bridgehead atoms. The highest BCUT2D eigenvalue weighted by Gasteiger charge is 2.26. The standard InChI is InChI=1S/C10H15N3O2/c1-6(2)9-11-8-4-3-7(10(14)15)5-13(8)12-9/h6-7H,3-5H2,1-2H3,(H,14,15). The molecule has 1 aliphatic heterocycles. The molecule has 0 aliphatic carbocycles. The SMILES string of the molecule is CC(C)c1nc2n(n1)CC(C(=O)O)CC2. The van der Waals surface area contributed by atoms with E-state index in [1.807, 2.05) is 13.8 Å². The van der Waals surface area contributed by atoms with Gasteiger partial charge in [0.25, 0.3) is 0 Å². The van der Waals surface area contributed by atoms with Gasteiger partial charge in [0.1, 0.15) is 5.82 Å². The quantitative estimate of drug-likeness (QED) is 0.790. The van der Waals surface area contributed by atoms with Crippen molar-refractivity contribution in [1.29, 1.82) is 0 Å². The maximum absolute atomic E-state index is 10.8. The summed E-state index contributed by atoms with van der Waals surface area (Å²) in [6.45, 7) is 4.54. The van der Waals surface area contributed by atoms with Crippen LogP contribution in [0.2, 0.25) is 0 Å². The van der Waals surface area contributed by atoms with Crippen molar-refractivity contribution in [2.75, 3.05) is 0 Å². The summed E-state index contributed by atoms with van der Waals surface area (Å²) < 4.78 is 1.75. The summed E-state index contributed by atoms with van der Waals surface area (Å²) in [7, 11) is 0. The molecule has 5 heteroatoms. The Bertz CT molecular complexity index is 384. The zero-order valence-corrected chi connectivity index (χ0v) is 8.97. The summed E-state index contributed by atoms with van der Waals surface area (Å²) in [6, 6.07) is 0. The van der Waals surface area contributed by atoms with Gasteiger partial charge in [-0.3, -0.25) is 4.79 Å². The van der Waals surface area contributed by atoms with Crippen LogP contribution in [0.25, 0.3) is 0 Å². The average Bonchev–Trinajstić information content (AvgIpc) is 2.59. The molecule has 0 saturated carbocycles. The molecule has 1 aromatic rings. The Morgan fingerprint density at radius 1 is 1.60 bits per heavy atom. The number of carbonyl (C=O) groups is 1. The lowest BCUT2D eigenvalue weighted by atomic mass is 10.0. The minimum Gasteiger partial charge on any atom is -0.481 e. The number of hydrogen-bond donors (Lipinski definition) is 1. The van der Waals surface area contributed by atoms with Crippen LogP contribution in [0.4, 0.5) is 0 Å². The fraction of sp³-hybridized carbons (Fsp3) is 0.700. The lowest BCUT2D eigenvalue weighted by Crippen LogP contribution is -2.27. The first-order valence-corrected chi connectivity index (χ1v) is 5.24. The summed E-state index contributed by atoms with van der Waals surface area (Å²) in [5, 5.41) is 13.2. The third-order valence-corrected chi connectivity index (χ3v) is 2.74. The molecule has 1 N–H and O–H groups in total. The minimum absolute atomic E-state index is 0.298. The van der Waals surface area contributed by atoms with E-state index in [-0.39, 0.29) is 5.92 Å². The normalized spacial score (nSPS) is 20.3. The third-order valence-electron chi connectivity index (χ3n) is 2.74. The van der Waals surface area contributed by atoms with Gasteiger partial charge < -0.3 is 5.11 Å². The van der Waals surface area contributed by atoms with Gasteiger partial charge in [-0.05, 0) is 6.42 Å². The second-order valence-corrected chi connectivity index (χ2v) is 4.30. The molecule has 0 saturated heterocycles. The minimum atomic E-state index is -0.734. The van der Waals surface area contributed by atoms with Crippen LogP contribution in [0.3, 0.4) is 0 Å². The van der Waals surface area contributed by atoms with Crippen molar-refractivity contribution in [3.63, 3.8) is 0 Å². The van der Waals surface area contributed by atoms with Crippen LogP contribution in [0.5, 0.6) is 0 Å². The fourth-order valence-electron chi connectivity index (χ4n) is 1.77. The van der Waals surface area contributed by atoms with E-state index < -0.39 is 5.97 Å². The molecule has 0 spiro atoms. The number of aromatic nitrogens is 3. The number of aliphatic carboxylic acids is 1. The van der Waals surface area contributed by atoms with Crippen molar-refractivity contribution in [3.8, 4) is 0 Å². The fourth-order valence-corrected chi connectivity index (χ4v) is 1.77. The van der Waals surface area contributed by atoms with Crippen LogP contribution in [-0.4, -0.2) is 25.8 Å². The lowest BCUT2D eigenvalue weighted by Gasteiger charge is -2.18. The summed E-state index contributed by atoms with van der Waals surface area (Å²) in [5.74, 6) is 1.00. The average molecular weight is 209 g/mol. The summed E-state index contributed by atoms with van der Waals surface area (Å²) in [5.41, 5.74) is 0. The number of aryl methyl sites for hydroxylation is 1. The zero-order chi connectivity index (χ0) is 11.0. The molecule has 0 aromatic carbocycles. The lowest BCUT2D eigenvalue weighted by molar-refractivity contribution is -0.142. The Morgan fingerprint density at radius 2 is 2.33 bits per heavy atom. The number of carboxylic acid groups (broad SMARTS) is 1. The number of nitrogens with zero attached hydrogens (tertiary/aromatic N) is 3. The largest absolute Gasteiger partial charge is 0.481 e. The Hall–Kier alpha value is -1.39. The molecular formula is C10H15N3O2. The number of hydrogen-bond acceptors (Lipinski definition) is 3. The van der Waals surface area contributed by atoms with Crippen LogP contribution < -0.4 is 0 Å². The summed E-state index contributed by atoms with van der Waals surface area (Å²) in [4.78, 5) is 15.2. The van der Waals surface area contributed by atoms with Crippen molar-refractivity contribution in [1.82, 2.24) is 14.8 Å². The van der Waals surface area contributed by atoms with E-state index in [0.29, 0.717) is 18.9 Å². The first kappa shape index (κ1) is 10.1. The Labute approximate surface area is 88.1 Å². The second kappa shape index (κ2) is 3.64. The van der Waals surface area contributed by atoms with Gasteiger partial charge in [-0.15, -0.1) is 0 Å². The van der Waals surface area contributed by atoms with E-state index in [4.69, 9.17) is 5.11 Å². The monoisotopic (exact) mass is 209 g/mol. The number of rotatable bonds is 2. The first-order chi connectivity index (χ1) is 7.08. The number of carboxylic acids is 1. The number of fused-ring (bicyclic) bond motifs is 1. The van der Waals surface area contributed by atoms with Gasteiger partial charge in [0.05, 0.1) is 12.5 Å². The maximum atomic E-state index is 10.8. The molecule has 0 amide bonds. The molecule has 0 fully saturated rings. The van der Waals surface area contributed by atoms with Crippen molar-refractivity contribution >= 4 is 5.97 Å². The van der Waals surface area contributed by atoms with E-state index in [1.165, 1.54) is 0 Å². The van der Waals surface area contributed by atoms with Gasteiger partial charge >= 0.3 is 5.97 Å². The van der Waals surface area contributed by atoms with Gasteiger partial charge in [0, 0.05) is 12.3 Å². The second-order valence-electron chi connectivity index (χ2n) is 4.30. The van der Waals surface area contributed by atoms with Gasteiger partial charge in [-0.2, -0.15) is 5.10 Å². The van der Waals surface area contributed by atoms with Crippen LogP contribution in [0.15, 0.2) is 0 Å². The first-order valence-electron chi connectivity index (χ1n) is 5.24. The Morgan fingerprint density at radius 3 is 2.93 bits per heavy atom. The highest BCUT2D eigenvalue weighted by atomic mass is 16.4. The Kier molecular flexibility index (Phi) is 2.46. The molecule has 82 valence electrons. The molecule has 1 atom stereocenters. The summed E-state index contributed by atoms with van der Waals surface area (Å²) in [6.07, 6.45) is 1.39. The molecular weight excluding hydrogens is 194 g/mol. The molecule has 0 radical (unpaired) electrons.